The van der Waals surface area contributed by atoms with Gasteiger partial charge in [0.2, 0.25) is 0 Å². The van der Waals surface area contributed by atoms with E-state index in [4.69, 9.17) is 19.2 Å². The fourth-order valence-corrected chi connectivity index (χ4v) is 5.66. The minimum Gasteiger partial charge on any atom is -0.413 e. The van der Waals surface area contributed by atoms with E-state index in [0.717, 1.165) is 0 Å². The standard InChI is InChI=1S/C2H14O7Si4/c1-10(3)7-12(5)9-13(6)8-11(2)4/h3-6,10-13H,1-2H3. The lowest BCUT2D eigenvalue weighted by atomic mass is 11.9. The van der Waals surface area contributed by atoms with E-state index in [-0.39, 0.29) is 0 Å². The Morgan fingerprint density at radius 2 is 1.00 bits per heavy atom. The summed E-state index contributed by atoms with van der Waals surface area (Å²) < 4.78 is 13.8. The van der Waals surface area contributed by atoms with Crippen molar-refractivity contribution in [3.8, 4) is 0 Å². The highest BCUT2D eigenvalue weighted by molar-refractivity contribution is 6.61. The van der Waals surface area contributed by atoms with Crippen molar-refractivity contribution in [1.29, 1.82) is 0 Å². The zero-order chi connectivity index (χ0) is 10.4. The van der Waals surface area contributed by atoms with Crippen LogP contribution < -0.4 is 0 Å². The summed E-state index contributed by atoms with van der Waals surface area (Å²) in [7, 11) is -10.6. The van der Waals surface area contributed by atoms with E-state index < -0.39 is 37.6 Å². The van der Waals surface area contributed by atoms with Gasteiger partial charge in [0.05, 0.1) is 0 Å². The molecule has 80 valence electrons. The topological polar surface area (TPSA) is 109 Å². The van der Waals surface area contributed by atoms with Crippen LogP contribution in [-0.4, -0.2) is 56.8 Å². The fraction of sp³-hybridized carbons (Fsp3) is 1.00. The van der Waals surface area contributed by atoms with Crippen LogP contribution in [0, 0.1) is 0 Å². The maximum Gasteiger partial charge on any atom is 0.464 e. The molecule has 13 heavy (non-hydrogen) atoms. The van der Waals surface area contributed by atoms with Crippen LogP contribution in [0.15, 0.2) is 0 Å². The summed E-state index contributed by atoms with van der Waals surface area (Å²) in [5.41, 5.74) is 0. The van der Waals surface area contributed by atoms with E-state index in [9.17, 15) is 0 Å². The molecule has 7 nitrogen and oxygen atoms in total. The number of hydrogen-bond donors (Lipinski definition) is 4. The number of hydrogen-bond acceptors (Lipinski definition) is 7. The van der Waals surface area contributed by atoms with E-state index in [2.05, 4.69) is 12.3 Å². The monoisotopic (exact) mass is 262 g/mol. The highest BCUT2D eigenvalue weighted by Crippen LogP contribution is 1.93. The summed E-state index contributed by atoms with van der Waals surface area (Å²) in [6.45, 7) is 2.88. The van der Waals surface area contributed by atoms with Crippen LogP contribution in [0.5, 0.6) is 0 Å². The third kappa shape index (κ3) is 8.91. The van der Waals surface area contributed by atoms with Gasteiger partial charge in [-0.3, -0.25) is 0 Å². The Hall–Kier alpha value is 0.588. The van der Waals surface area contributed by atoms with Crippen LogP contribution in [0.2, 0.25) is 13.1 Å². The van der Waals surface area contributed by atoms with Gasteiger partial charge in [-0.1, -0.05) is 0 Å². The molecule has 0 bridgehead atoms. The van der Waals surface area contributed by atoms with Crippen LogP contribution in [0.3, 0.4) is 0 Å². The van der Waals surface area contributed by atoms with Gasteiger partial charge in [0, 0.05) is 0 Å². The second-order valence-corrected chi connectivity index (χ2v) is 9.11. The van der Waals surface area contributed by atoms with E-state index >= 15 is 0 Å². The van der Waals surface area contributed by atoms with Crippen LogP contribution in [0.25, 0.3) is 0 Å². The molecule has 4 atom stereocenters. The third-order valence-corrected chi connectivity index (χ3v) is 7.74. The van der Waals surface area contributed by atoms with Gasteiger partial charge in [-0.15, -0.1) is 0 Å². The SMILES string of the molecule is C[SiH](O)O[SiH](O)O[SiH](O)O[SiH](C)O. The smallest absolute Gasteiger partial charge is 0.413 e. The van der Waals surface area contributed by atoms with Crippen molar-refractivity contribution < 1.29 is 31.5 Å². The lowest BCUT2D eigenvalue weighted by molar-refractivity contribution is 0.207. The molecule has 0 saturated carbocycles. The maximum atomic E-state index is 9.00. The van der Waals surface area contributed by atoms with E-state index in [1.165, 1.54) is 13.1 Å². The van der Waals surface area contributed by atoms with Gasteiger partial charge in [-0.05, 0) is 13.1 Å². The average Bonchev–Trinajstić information content (AvgIpc) is 1.80. The third-order valence-electron chi connectivity index (χ3n) is 0.860. The van der Waals surface area contributed by atoms with Crippen molar-refractivity contribution >= 4 is 37.6 Å². The zero-order valence-corrected chi connectivity index (χ0v) is 11.9. The molecule has 0 radical (unpaired) electrons. The molecular formula is C2H14O7Si4. The van der Waals surface area contributed by atoms with Crippen molar-refractivity contribution in [2.24, 2.45) is 0 Å². The second kappa shape index (κ2) is 6.96. The molecule has 0 aromatic heterocycles. The largest absolute Gasteiger partial charge is 0.464 e. The molecule has 11 heteroatoms. The predicted octanol–water partition coefficient (Wildman–Crippen LogP) is -3.86. The van der Waals surface area contributed by atoms with Gasteiger partial charge < -0.3 is 31.5 Å². The Morgan fingerprint density at radius 1 is 0.692 bits per heavy atom. The quantitative estimate of drug-likeness (QED) is 0.363. The predicted molar refractivity (Wildman–Crippen MR) is 52.5 cm³/mol. The molecule has 0 amide bonds. The first-order valence-electron chi connectivity index (χ1n) is 3.60. The van der Waals surface area contributed by atoms with Crippen molar-refractivity contribution in [3.63, 3.8) is 0 Å². The molecule has 0 aliphatic rings. The van der Waals surface area contributed by atoms with Crippen LogP contribution in [-0.2, 0) is 12.3 Å². The summed E-state index contributed by atoms with van der Waals surface area (Å²) in [6.07, 6.45) is 0. The Bertz CT molecular complexity index is 118. The van der Waals surface area contributed by atoms with Gasteiger partial charge >= 0.3 is 37.6 Å². The van der Waals surface area contributed by atoms with Crippen LogP contribution in [0.4, 0.5) is 0 Å². The summed E-state index contributed by atoms with van der Waals surface area (Å²) in [4.78, 5) is 35.6. The highest BCUT2D eigenvalue weighted by Gasteiger charge is 2.22. The molecule has 0 spiro atoms. The molecule has 0 aromatic rings. The number of rotatable bonds is 6. The van der Waals surface area contributed by atoms with Gasteiger partial charge in [0.15, 0.2) is 0 Å². The molecule has 4 unspecified atom stereocenters. The molecular weight excluding hydrogens is 248 g/mol. The van der Waals surface area contributed by atoms with Crippen molar-refractivity contribution in [2.75, 3.05) is 0 Å². The summed E-state index contributed by atoms with van der Waals surface area (Å²) in [5, 5.41) is 0. The fourth-order valence-electron chi connectivity index (χ4n) is 0.501. The average molecular weight is 262 g/mol. The lowest BCUT2D eigenvalue weighted by Gasteiger charge is -2.16. The summed E-state index contributed by atoms with van der Waals surface area (Å²) >= 11 is 0. The maximum absolute atomic E-state index is 9.00. The van der Waals surface area contributed by atoms with E-state index in [1.54, 1.807) is 0 Å². The molecule has 0 rings (SSSR count). The minimum absolute atomic E-state index is 1.44. The van der Waals surface area contributed by atoms with Crippen molar-refractivity contribution in [2.45, 2.75) is 13.1 Å². The van der Waals surface area contributed by atoms with Gasteiger partial charge in [0.1, 0.15) is 0 Å². The van der Waals surface area contributed by atoms with Crippen LogP contribution >= 0.6 is 0 Å². The van der Waals surface area contributed by atoms with Crippen LogP contribution in [0.1, 0.15) is 0 Å². The minimum atomic E-state index is -2.97. The Balaban J connectivity index is 3.58. The van der Waals surface area contributed by atoms with E-state index in [1.807, 2.05) is 0 Å². The first kappa shape index (κ1) is 13.6. The molecule has 4 N–H and O–H groups in total. The van der Waals surface area contributed by atoms with E-state index in [0.29, 0.717) is 0 Å². The molecule has 0 aliphatic carbocycles. The summed E-state index contributed by atoms with van der Waals surface area (Å²) in [5.74, 6) is 0. The van der Waals surface area contributed by atoms with Gasteiger partial charge in [-0.2, -0.15) is 0 Å². The molecule has 0 aromatic carbocycles. The Kier molecular flexibility index (Phi) is 7.27. The Morgan fingerprint density at radius 3 is 1.23 bits per heavy atom. The Labute approximate surface area is 82.8 Å². The highest BCUT2D eigenvalue weighted by atomic mass is 28.5. The summed E-state index contributed by atoms with van der Waals surface area (Å²) in [6, 6.07) is 0. The molecule has 0 saturated heterocycles. The van der Waals surface area contributed by atoms with Gasteiger partial charge in [0.25, 0.3) is 0 Å². The lowest BCUT2D eigenvalue weighted by Crippen LogP contribution is -2.40. The van der Waals surface area contributed by atoms with Crippen molar-refractivity contribution in [1.82, 2.24) is 0 Å². The first-order valence-corrected chi connectivity index (χ1v) is 10.8. The van der Waals surface area contributed by atoms with Gasteiger partial charge in [-0.25, -0.2) is 0 Å². The van der Waals surface area contributed by atoms with Crippen molar-refractivity contribution in [3.05, 3.63) is 0 Å². The second-order valence-electron chi connectivity index (χ2n) is 2.22. The zero-order valence-electron chi connectivity index (χ0n) is 7.32. The first-order chi connectivity index (χ1) is 5.91. The molecule has 0 heterocycles. The normalized spacial score (nSPS) is 20.8. The molecule has 0 aliphatic heterocycles. The molecule has 0 fully saturated rings.